The third-order valence-corrected chi connectivity index (χ3v) is 3.07. The first-order valence-corrected chi connectivity index (χ1v) is 8.56. The van der Waals surface area contributed by atoms with Gasteiger partial charge >= 0.3 is 0 Å². The Hall–Kier alpha value is -1.42. The smallest absolute Gasteiger partial charge is 0.246 e. The van der Waals surface area contributed by atoms with Gasteiger partial charge in [-0.2, -0.15) is 0 Å². The Balaban J connectivity index is 0.00000576. The summed E-state index contributed by atoms with van der Waals surface area (Å²) in [7, 11) is 0. The van der Waals surface area contributed by atoms with Crippen molar-refractivity contribution in [3.05, 3.63) is 24.5 Å². The first kappa shape index (κ1) is 23.6. The molecule has 0 aliphatic heterocycles. The highest BCUT2D eigenvalue weighted by molar-refractivity contribution is 14.0. The Morgan fingerprint density at radius 3 is 2.72 bits per heavy atom. The maximum absolute atomic E-state index is 11.9. The Labute approximate surface area is 167 Å². The van der Waals surface area contributed by atoms with Crippen molar-refractivity contribution in [1.29, 1.82) is 0 Å². The highest BCUT2D eigenvalue weighted by Crippen LogP contribution is 2.01. The lowest BCUT2D eigenvalue weighted by Crippen LogP contribution is -2.38. The van der Waals surface area contributed by atoms with Crippen molar-refractivity contribution in [2.75, 3.05) is 38.2 Å². The molecular weight excluding hydrogens is 433 g/mol. The molecule has 0 radical (unpaired) electrons. The summed E-state index contributed by atoms with van der Waals surface area (Å²) in [5.41, 5.74) is 0.667. The maximum atomic E-state index is 11.9. The molecule has 142 valence electrons. The van der Waals surface area contributed by atoms with E-state index < -0.39 is 0 Å². The minimum atomic E-state index is -0.178. The Morgan fingerprint density at radius 1 is 1.24 bits per heavy atom. The number of hydrogen-bond donors (Lipinski definition) is 3. The van der Waals surface area contributed by atoms with Crippen molar-refractivity contribution in [3.63, 3.8) is 0 Å². The van der Waals surface area contributed by atoms with E-state index in [0.29, 0.717) is 11.6 Å². The number of aliphatic imine (C=N–C) groups is 1. The molecule has 0 saturated heterocycles. The van der Waals surface area contributed by atoms with Crippen molar-refractivity contribution < 1.29 is 9.53 Å². The van der Waals surface area contributed by atoms with E-state index in [4.69, 9.17) is 4.74 Å². The molecular formula is C17H30IN5O2. The van der Waals surface area contributed by atoms with Crippen LogP contribution in [0.5, 0.6) is 0 Å². The van der Waals surface area contributed by atoms with Crippen LogP contribution in [0.4, 0.5) is 5.69 Å². The van der Waals surface area contributed by atoms with Gasteiger partial charge in [0.2, 0.25) is 5.91 Å². The first-order chi connectivity index (χ1) is 11.8. The van der Waals surface area contributed by atoms with Crippen LogP contribution in [0, 0.1) is 0 Å². The molecule has 0 saturated carbocycles. The molecule has 3 N–H and O–H groups in total. The molecule has 1 aromatic heterocycles. The van der Waals surface area contributed by atoms with E-state index >= 15 is 0 Å². The topological polar surface area (TPSA) is 87.6 Å². The summed E-state index contributed by atoms with van der Waals surface area (Å²) in [6, 6.07) is 3.56. The lowest BCUT2D eigenvalue weighted by atomic mass is 10.4. The van der Waals surface area contributed by atoms with Gasteiger partial charge in [-0.05, 0) is 31.9 Å². The van der Waals surface area contributed by atoms with Crippen LogP contribution < -0.4 is 16.0 Å². The lowest BCUT2D eigenvalue weighted by Gasteiger charge is -2.11. The second kappa shape index (κ2) is 16.1. The molecule has 0 spiro atoms. The largest absolute Gasteiger partial charge is 0.381 e. The summed E-state index contributed by atoms with van der Waals surface area (Å²) < 4.78 is 5.51. The van der Waals surface area contributed by atoms with Crippen LogP contribution in [0.25, 0.3) is 0 Å². The summed E-state index contributed by atoms with van der Waals surface area (Å²) in [5.74, 6) is 0.454. The van der Waals surface area contributed by atoms with Crippen LogP contribution in [0.1, 0.15) is 33.1 Å². The number of aromatic nitrogens is 1. The normalized spacial score (nSPS) is 10.7. The molecule has 1 amide bonds. The van der Waals surface area contributed by atoms with Crippen molar-refractivity contribution in [3.8, 4) is 0 Å². The number of carbonyl (C=O) groups is 1. The molecule has 1 heterocycles. The highest BCUT2D eigenvalue weighted by atomic mass is 127. The molecule has 0 fully saturated rings. The maximum Gasteiger partial charge on any atom is 0.246 e. The first-order valence-electron chi connectivity index (χ1n) is 8.56. The number of hydrogen-bond acceptors (Lipinski definition) is 4. The Morgan fingerprint density at radius 2 is 2.04 bits per heavy atom. The minimum absolute atomic E-state index is 0. The summed E-state index contributed by atoms with van der Waals surface area (Å²) in [4.78, 5) is 20.1. The van der Waals surface area contributed by atoms with Gasteiger partial charge in [-0.25, -0.2) is 4.99 Å². The number of anilines is 1. The summed E-state index contributed by atoms with van der Waals surface area (Å²) in [6.45, 7) is 7.23. The third kappa shape index (κ3) is 12.6. The van der Waals surface area contributed by atoms with E-state index in [9.17, 15) is 4.79 Å². The number of halogens is 1. The quantitative estimate of drug-likeness (QED) is 0.203. The predicted molar refractivity (Wildman–Crippen MR) is 113 cm³/mol. The van der Waals surface area contributed by atoms with E-state index in [1.807, 2.05) is 6.92 Å². The van der Waals surface area contributed by atoms with Crippen LogP contribution >= 0.6 is 24.0 Å². The zero-order valence-corrected chi connectivity index (χ0v) is 17.4. The number of amides is 1. The van der Waals surface area contributed by atoms with Gasteiger partial charge in [0, 0.05) is 32.5 Å². The van der Waals surface area contributed by atoms with Gasteiger partial charge < -0.3 is 20.7 Å². The zero-order valence-electron chi connectivity index (χ0n) is 15.1. The fraction of sp³-hybridized carbons (Fsp3) is 0.588. The van der Waals surface area contributed by atoms with E-state index in [1.165, 1.54) is 0 Å². The number of rotatable bonds is 11. The van der Waals surface area contributed by atoms with Crippen LogP contribution in [0.3, 0.4) is 0 Å². The molecule has 0 atom stereocenters. The number of nitrogens with zero attached hydrogens (tertiary/aromatic N) is 2. The van der Waals surface area contributed by atoms with Crippen LogP contribution in [0.2, 0.25) is 0 Å². The molecule has 0 aliphatic rings. The summed E-state index contributed by atoms with van der Waals surface area (Å²) in [5, 5.41) is 9.07. The predicted octanol–water partition coefficient (Wildman–Crippen LogP) is 2.40. The zero-order chi connectivity index (χ0) is 17.5. The second-order valence-electron chi connectivity index (χ2n) is 5.23. The van der Waals surface area contributed by atoms with Gasteiger partial charge in [0.15, 0.2) is 5.96 Å². The number of ether oxygens (including phenoxy) is 1. The van der Waals surface area contributed by atoms with Crippen molar-refractivity contribution >= 4 is 41.5 Å². The molecule has 0 unspecified atom stereocenters. The fourth-order valence-corrected chi connectivity index (χ4v) is 1.86. The van der Waals surface area contributed by atoms with E-state index in [1.54, 1.807) is 24.5 Å². The average molecular weight is 463 g/mol. The standard InChI is InChI=1S/C17H29N5O2.HI/c1-3-5-11-24-12-7-10-20-17(19-4-2)21-14-16(23)22-15-8-6-9-18-13-15;/h6,8-9,13H,3-5,7,10-12,14H2,1-2H3,(H,22,23)(H2,19,20,21);1H. The summed E-state index contributed by atoms with van der Waals surface area (Å²) in [6.07, 6.45) is 6.41. The monoisotopic (exact) mass is 463 g/mol. The van der Waals surface area contributed by atoms with Gasteiger partial charge in [0.1, 0.15) is 6.54 Å². The second-order valence-corrected chi connectivity index (χ2v) is 5.23. The van der Waals surface area contributed by atoms with Crippen molar-refractivity contribution in [2.45, 2.75) is 33.1 Å². The molecule has 0 aliphatic carbocycles. The van der Waals surface area contributed by atoms with E-state index in [-0.39, 0.29) is 36.4 Å². The molecule has 8 heteroatoms. The number of guanidine groups is 1. The van der Waals surface area contributed by atoms with Gasteiger partial charge in [0.25, 0.3) is 0 Å². The molecule has 1 rings (SSSR count). The molecule has 7 nitrogen and oxygen atoms in total. The van der Waals surface area contributed by atoms with Crippen LogP contribution in [0.15, 0.2) is 29.5 Å². The van der Waals surface area contributed by atoms with Crippen molar-refractivity contribution in [2.24, 2.45) is 4.99 Å². The number of carbonyl (C=O) groups excluding carboxylic acids is 1. The molecule has 0 bridgehead atoms. The third-order valence-electron chi connectivity index (χ3n) is 3.07. The van der Waals surface area contributed by atoms with Crippen LogP contribution in [-0.2, 0) is 9.53 Å². The average Bonchev–Trinajstić information content (AvgIpc) is 2.59. The van der Waals surface area contributed by atoms with Crippen LogP contribution in [-0.4, -0.2) is 49.7 Å². The van der Waals surface area contributed by atoms with Gasteiger partial charge in [-0.15, -0.1) is 24.0 Å². The van der Waals surface area contributed by atoms with Crippen molar-refractivity contribution in [1.82, 2.24) is 15.6 Å². The number of unbranched alkanes of at least 4 members (excludes halogenated alkanes) is 1. The molecule has 1 aromatic rings. The Bertz CT molecular complexity index is 485. The number of nitrogens with one attached hydrogen (secondary N) is 3. The number of pyridine rings is 1. The van der Waals surface area contributed by atoms with Gasteiger partial charge in [-0.3, -0.25) is 9.78 Å². The fourth-order valence-electron chi connectivity index (χ4n) is 1.86. The summed E-state index contributed by atoms with van der Waals surface area (Å²) >= 11 is 0. The SMILES string of the molecule is CCCCOCCCNC(=NCC(=O)Nc1cccnc1)NCC.I. The van der Waals surface area contributed by atoms with Gasteiger partial charge in [-0.1, -0.05) is 13.3 Å². The minimum Gasteiger partial charge on any atom is -0.381 e. The Kier molecular flexibility index (Phi) is 15.2. The lowest BCUT2D eigenvalue weighted by molar-refractivity contribution is -0.114. The molecule has 25 heavy (non-hydrogen) atoms. The van der Waals surface area contributed by atoms with Gasteiger partial charge in [0.05, 0.1) is 11.9 Å². The van der Waals surface area contributed by atoms with E-state index in [0.717, 1.165) is 45.6 Å². The highest BCUT2D eigenvalue weighted by Gasteiger charge is 2.03. The molecule has 0 aromatic carbocycles. The van der Waals surface area contributed by atoms with E-state index in [2.05, 4.69) is 32.9 Å².